The van der Waals surface area contributed by atoms with Gasteiger partial charge in [-0.15, -0.1) is 0 Å². The van der Waals surface area contributed by atoms with Gasteiger partial charge in [-0.25, -0.2) is 0 Å². The van der Waals surface area contributed by atoms with Gasteiger partial charge in [-0.2, -0.15) is 0 Å². The summed E-state index contributed by atoms with van der Waals surface area (Å²) in [7, 11) is 0. The second kappa shape index (κ2) is 4.09. The van der Waals surface area contributed by atoms with Crippen molar-refractivity contribution in [1.82, 2.24) is 0 Å². The van der Waals surface area contributed by atoms with Gasteiger partial charge in [0.25, 0.3) is 0 Å². The van der Waals surface area contributed by atoms with Gasteiger partial charge in [-0.1, -0.05) is 13.3 Å². The monoisotopic (exact) mass is 185 g/mol. The highest BCUT2D eigenvalue weighted by Crippen LogP contribution is 2.44. The molecule has 0 unspecified atom stereocenters. The first kappa shape index (κ1) is 10.5. The predicted molar refractivity (Wildman–Crippen MR) is 51.4 cm³/mol. The van der Waals surface area contributed by atoms with E-state index in [1.54, 1.807) is 0 Å². The summed E-state index contributed by atoms with van der Waals surface area (Å²) in [6, 6.07) is 0. The Bertz CT molecular complexity index is 193. The van der Waals surface area contributed by atoms with Crippen LogP contribution in [-0.4, -0.2) is 17.6 Å². The molecule has 0 amide bonds. The van der Waals surface area contributed by atoms with Crippen LogP contribution in [0.1, 0.15) is 39.0 Å². The Balaban J connectivity index is 2.57. The molecule has 13 heavy (non-hydrogen) atoms. The number of carboxylic acids is 1. The third kappa shape index (κ3) is 2.44. The van der Waals surface area contributed by atoms with Crippen LogP contribution < -0.4 is 5.73 Å². The summed E-state index contributed by atoms with van der Waals surface area (Å²) in [6.45, 7) is 2.69. The number of hydrogen-bond acceptors (Lipinski definition) is 2. The molecule has 1 saturated carbocycles. The van der Waals surface area contributed by atoms with Crippen LogP contribution in [0.4, 0.5) is 0 Å². The Hall–Kier alpha value is -0.570. The van der Waals surface area contributed by atoms with Crippen LogP contribution in [0.15, 0.2) is 0 Å². The molecule has 0 heterocycles. The van der Waals surface area contributed by atoms with E-state index in [2.05, 4.69) is 6.92 Å². The van der Waals surface area contributed by atoms with Crippen molar-refractivity contribution >= 4 is 5.97 Å². The number of rotatable bonds is 4. The van der Waals surface area contributed by atoms with Crippen LogP contribution in [0.2, 0.25) is 0 Å². The molecule has 0 saturated heterocycles. The van der Waals surface area contributed by atoms with Crippen LogP contribution in [0.5, 0.6) is 0 Å². The van der Waals surface area contributed by atoms with E-state index in [-0.39, 0.29) is 11.8 Å². The van der Waals surface area contributed by atoms with E-state index >= 15 is 0 Å². The fraction of sp³-hybridized carbons (Fsp3) is 0.900. The Labute approximate surface area is 79.3 Å². The van der Waals surface area contributed by atoms with Gasteiger partial charge in [-0.05, 0) is 37.1 Å². The second-order valence-electron chi connectivity index (χ2n) is 4.29. The number of aliphatic carboxylic acids is 1. The molecule has 1 rings (SSSR count). The van der Waals surface area contributed by atoms with E-state index < -0.39 is 5.97 Å². The van der Waals surface area contributed by atoms with E-state index in [1.807, 2.05) is 0 Å². The average Bonchev–Trinajstić information content (AvgIpc) is 2.48. The molecule has 1 aliphatic carbocycles. The highest BCUT2D eigenvalue weighted by Gasteiger charge is 2.38. The van der Waals surface area contributed by atoms with E-state index in [0.29, 0.717) is 12.5 Å². The third-order valence-corrected chi connectivity index (χ3v) is 3.34. The lowest BCUT2D eigenvalue weighted by molar-refractivity contribution is -0.139. The van der Waals surface area contributed by atoms with Crippen LogP contribution in [0.25, 0.3) is 0 Å². The number of carbonyl (C=O) groups is 1. The smallest absolute Gasteiger partial charge is 0.303 e. The van der Waals surface area contributed by atoms with Crippen molar-refractivity contribution in [2.75, 3.05) is 6.54 Å². The number of hydrogen-bond donors (Lipinski definition) is 2. The van der Waals surface area contributed by atoms with Crippen molar-refractivity contribution in [3.63, 3.8) is 0 Å². The fourth-order valence-corrected chi connectivity index (χ4v) is 2.41. The molecule has 0 aromatic rings. The lowest BCUT2D eigenvalue weighted by atomic mass is 9.82. The van der Waals surface area contributed by atoms with Gasteiger partial charge in [0.05, 0.1) is 6.42 Å². The third-order valence-electron chi connectivity index (χ3n) is 3.34. The summed E-state index contributed by atoms with van der Waals surface area (Å²) in [5.74, 6) is -0.00916. The molecule has 0 bridgehead atoms. The van der Waals surface area contributed by atoms with E-state index in [1.165, 1.54) is 0 Å². The standard InChI is InChI=1S/C10H19NO2/c1-2-8-3-4-10(5-8,7-11)6-9(12)13/h8H,2-7,11H2,1H3,(H,12,13)/t8-,10-/m0/s1. The van der Waals surface area contributed by atoms with Gasteiger partial charge in [0.2, 0.25) is 0 Å². The Morgan fingerprint density at radius 1 is 1.69 bits per heavy atom. The molecule has 1 fully saturated rings. The lowest BCUT2D eigenvalue weighted by Gasteiger charge is -2.25. The van der Waals surface area contributed by atoms with Crippen LogP contribution in [0.3, 0.4) is 0 Å². The molecular formula is C10H19NO2. The highest BCUT2D eigenvalue weighted by atomic mass is 16.4. The summed E-state index contributed by atoms with van der Waals surface area (Å²) in [6.07, 6.45) is 4.56. The molecule has 1 aliphatic rings. The molecule has 76 valence electrons. The van der Waals surface area contributed by atoms with Crippen molar-refractivity contribution in [1.29, 1.82) is 0 Å². The fourth-order valence-electron chi connectivity index (χ4n) is 2.41. The van der Waals surface area contributed by atoms with E-state index in [0.717, 1.165) is 25.7 Å². The average molecular weight is 185 g/mol. The maximum atomic E-state index is 10.7. The molecule has 0 radical (unpaired) electrons. The lowest BCUT2D eigenvalue weighted by Crippen LogP contribution is -2.30. The van der Waals surface area contributed by atoms with Crippen LogP contribution in [0, 0.1) is 11.3 Å². The topological polar surface area (TPSA) is 63.3 Å². The van der Waals surface area contributed by atoms with E-state index in [4.69, 9.17) is 10.8 Å². The molecule has 0 spiro atoms. The van der Waals surface area contributed by atoms with Gasteiger partial charge in [-0.3, -0.25) is 4.79 Å². The van der Waals surface area contributed by atoms with Crippen molar-refractivity contribution < 1.29 is 9.90 Å². The quantitative estimate of drug-likeness (QED) is 0.699. The largest absolute Gasteiger partial charge is 0.481 e. The summed E-state index contributed by atoms with van der Waals surface area (Å²) < 4.78 is 0. The Morgan fingerprint density at radius 3 is 2.77 bits per heavy atom. The zero-order valence-corrected chi connectivity index (χ0v) is 8.25. The van der Waals surface area contributed by atoms with Crippen LogP contribution in [-0.2, 0) is 4.79 Å². The molecule has 0 aliphatic heterocycles. The van der Waals surface area contributed by atoms with Crippen molar-refractivity contribution in [3.05, 3.63) is 0 Å². The molecule has 3 N–H and O–H groups in total. The van der Waals surface area contributed by atoms with Crippen molar-refractivity contribution in [3.8, 4) is 0 Å². The first-order valence-electron chi connectivity index (χ1n) is 5.04. The highest BCUT2D eigenvalue weighted by molar-refractivity contribution is 5.67. The molecule has 3 nitrogen and oxygen atoms in total. The van der Waals surface area contributed by atoms with Gasteiger partial charge < -0.3 is 10.8 Å². The van der Waals surface area contributed by atoms with Crippen molar-refractivity contribution in [2.24, 2.45) is 17.1 Å². The molecule has 2 atom stereocenters. The molecule has 0 aromatic heterocycles. The summed E-state index contributed by atoms with van der Waals surface area (Å²) in [5.41, 5.74) is 5.58. The van der Waals surface area contributed by atoms with Gasteiger partial charge in [0.1, 0.15) is 0 Å². The normalized spacial score (nSPS) is 33.5. The zero-order chi connectivity index (χ0) is 9.90. The molecule has 0 aromatic carbocycles. The Morgan fingerprint density at radius 2 is 2.38 bits per heavy atom. The van der Waals surface area contributed by atoms with Crippen LogP contribution >= 0.6 is 0 Å². The minimum atomic E-state index is -0.706. The number of carboxylic acid groups (broad SMARTS) is 1. The maximum absolute atomic E-state index is 10.7. The SMILES string of the molecule is CC[C@H]1CC[C@@](CN)(CC(=O)O)C1. The van der Waals surface area contributed by atoms with Crippen molar-refractivity contribution in [2.45, 2.75) is 39.0 Å². The second-order valence-corrected chi connectivity index (χ2v) is 4.29. The molecule has 3 heteroatoms. The van der Waals surface area contributed by atoms with E-state index in [9.17, 15) is 4.79 Å². The minimum Gasteiger partial charge on any atom is -0.481 e. The van der Waals surface area contributed by atoms with Gasteiger partial charge in [0, 0.05) is 0 Å². The first-order chi connectivity index (χ1) is 6.12. The van der Waals surface area contributed by atoms with Gasteiger partial charge >= 0.3 is 5.97 Å². The summed E-state index contributed by atoms with van der Waals surface area (Å²) in [4.78, 5) is 10.7. The Kier molecular flexibility index (Phi) is 3.31. The molecular weight excluding hydrogens is 166 g/mol. The number of nitrogens with two attached hydrogens (primary N) is 1. The predicted octanol–water partition coefficient (Wildman–Crippen LogP) is 1.62. The zero-order valence-electron chi connectivity index (χ0n) is 8.25. The maximum Gasteiger partial charge on any atom is 0.303 e. The summed E-state index contributed by atoms with van der Waals surface area (Å²) >= 11 is 0. The van der Waals surface area contributed by atoms with Gasteiger partial charge in [0.15, 0.2) is 0 Å². The summed E-state index contributed by atoms with van der Waals surface area (Å²) in [5, 5.41) is 8.77. The first-order valence-corrected chi connectivity index (χ1v) is 5.04. The minimum absolute atomic E-state index is 0.0908.